The van der Waals surface area contributed by atoms with Gasteiger partial charge in [-0.1, -0.05) is 30.0 Å². The average Bonchev–Trinajstić information content (AvgIpc) is 2.63. The number of carbonyl (C=O) groups excluding carboxylic acids is 2. The van der Waals surface area contributed by atoms with E-state index in [1.54, 1.807) is 0 Å². The van der Waals surface area contributed by atoms with E-state index < -0.39 is 5.97 Å². The predicted octanol–water partition coefficient (Wildman–Crippen LogP) is -2.25. The molecule has 1 atom stereocenters. The van der Waals surface area contributed by atoms with Crippen molar-refractivity contribution in [2.45, 2.75) is 23.8 Å². The van der Waals surface area contributed by atoms with Gasteiger partial charge < -0.3 is 14.8 Å². The van der Waals surface area contributed by atoms with E-state index in [1.165, 1.54) is 16.7 Å². The molecule has 0 saturated carbocycles. The van der Waals surface area contributed by atoms with Gasteiger partial charge in [0.2, 0.25) is 5.91 Å². The molecule has 0 N–H and O–H groups in total. The summed E-state index contributed by atoms with van der Waals surface area (Å²) in [5, 5.41) is 11.2. The van der Waals surface area contributed by atoms with E-state index in [2.05, 4.69) is 0 Å². The predicted molar refractivity (Wildman–Crippen MR) is 64.2 cm³/mol. The van der Waals surface area contributed by atoms with Gasteiger partial charge in [-0.25, -0.2) is 0 Å². The Balaban J connectivity index is 0.00000133. The minimum atomic E-state index is -1.26. The fraction of sp³-hybridized carbons (Fsp3) is 0.231. The van der Waals surface area contributed by atoms with Crippen molar-refractivity contribution in [3.8, 4) is 0 Å². The third-order valence-corrected chi connectivity index (χ3v) is 4.26. The molecule has 1 aromatic carbocycles. The van der Waals surface area contributed by atoms with Crippen LogP contribution in [0.25, 0.3) is 0 Å². The smallest absolute Gasteiger partial charge is 0.543 e. The first-order valence-corrected chi connectivity index (χ1v) is 6.48. The standard InChI is InChI=1S/C13H11NO3S.Na/c15-11-7-8-6-10(12(13(16)17)14(8)11)18-9-4-2-1-3-5-9;/h1-5,8H,6-7H2,(H,16,17);/q;+1/p-1. The van der Waals surface area contributed by atoms with Crippen molar-refractivity contribution >= 4 is 23.6 Å². The van der Waals surface area contributed by atoms with Crippen LogP contribution in [0.4, 0.5) is 0 Å². The Labute approximate surface area is 137 Å². The maximum atomic E-state index is 11.4. The number of carboxylic acid groups (broad SMARTS) is 1. The van der Waals surface area contributed by atoms with Gasteiger partial charge in [-0.15, -0.1) is 0 Å². The zero-order chi connectivity index (χ0) is 12.7. The fourth-order valence-corrected chi connectivity index (χ4v) is 3.46. The molecule has 1 fully saturated rings. The molecule has 1 unspecified atom stereocenters. The summed E-state index contributed by atoms with van der Waals surface area (Å²) in [6, 6.07) is 9.57. The summed E-state index contributed by atoms with van der Waals surface area (Å²) in [6.07, 6.45) is 1.06. The monoisotopic (exact) mass is 283 g/mol. The molecule has 0 aromatic heterocycles. The Kier molecular flexibility index (Phi) is 4.40. The van der Waals surface area contributed by atoms with Gasteiger partial charge in [0.15, 0.2) is 0 Å². The number of β-lactam (4-membered cyclic amide) rings is 1. The number of rotatable bonds is 3. The fourth-order valence-electron chi connectivity index (χ4n) is 2.33. The maximum Gasteiger partial charge on any atom is 1.00 e. The van der Waals surface area contributed by atoms with Crippen LogP contribution >= 0.6 is 11.8 Å². The van der Waals surface area contributed by atoms with E-state index in [0.29, 0.717) is 12.8 Å². The summed E-state index contributed by atoms with van der Waals surface area (Å²) >= 11 is 1.40. The van der Waals surface area contributed by atoms with Crippen molar-refractivity contribution in [2.24, 2.45) is 0 Å². The zero-order valence-electron chi connectivity index (χ0n) is 10.5. The van der Waals surface area contributed by atoms with Crippen LogP contribution in [0.15, 0.2) is 45.8 Å². The molecule has 4 nitrogen and oxygen atoms in total. The SMILES string of the molecule is O=C([O-])C1=C(Sc2ccccc2)CC2CC(=O)N12.[Na+]. The Morgan fingerprint density at radius 1 is 1.26 bits per heavy atom. The molecule has 19 heavy (non-hydrogen) atoms. The first kappa shape index (κ1) is 14.7. The molecular formula is C13H10NNaO3S. The Morgan fingerprint density at radius 2 is 1.95 bits per heavy atom. The van der Waals surface area contributed by atoms with Crippen LogP contribution in [0, 0.1) is 0 Å². The molecule has 2 aliphatic rings. The second kappa shape index (κ2) is 5.71. The van der Waals surface area contributed by atoms with E-state index in [9.17, 15) is 14.7 Å². The van der Waals surface area contributed by atoms with Crippen molar-refractivity contribution < 1.29 is 44.3 Å². The molecule has 0 aliphatic carbocycles. The molecule has 92 valence electrons. The van der Waals surface area contributed by atoms with E-state index in [1.807, 2.05) is 30.3 Å². The maximum absolute atomic E-state index is 11.4. The van der Waals surface area contributed by atoms with Gasteiger partial charge in [-0.2, -0.15) is 0 Å². The van der Waals surface area contributed by atoms with Gasteiger partial charge in [0, 0.05) is 22.6 Å². The Morgan fingerprint density at radius 3 is 2.53 bits per heavy atom. The first-order chi connectivity index (χ1) is 8.66. The summed E-state index contributed by atoms with van der Waals surface area (Å²) in [5.74, 6) is -1.38. The van der Waals surface area contributed by atoms with Crippen LogP contribution in [-0.4, -0.2) is 22.8 Å². The Bertz CT molecular complexity index is 558. The molecule has 0 bridgehead atoms. The van der Waals surface area contributed by atoms with Crippen LogP contribution in [0.1, 0.15) is 12.8 Å². The van der Waals surface area contributed by atoms with Crippen LogP contribution in [0.5, 0.6) is 0 Å². The topological polar surface area (TPSA) is 60.4 Å². The average molecular weight is 283 g/mol. The van der Waals surface area contributed by atoms with Crippen LogP contribution < -0.4 is 34.7 Å². The second-order valence-corrected chi connectivity index (χ2v) is 5.47. The largest absolute Gasteiger partial charge is 1.00 e. The van der Waals surface area contributed by atoms with Crippen LogP contribution in [0.3, 0.4) is 0 Å². The summed E-state index contributed by atoms with van der Waals surface area (Å²) in [5.41, 5.74) is 0.0603. The molecule has 0 spiro atoms. The number of thioether (sulfide) groups is 1. The molecule has 1 aromatic rings. The summed E-state index contributed by atoms with van der Waals surface area (Å²) in [4.78, 5) is 25.6. The van der Waals surface area contributed by atoms with Gasteiger partial charge in [0.25, 0.3) is 0 Å². The number of aliphatic carboxylic acids is 1. The van der Waals surface area contributed by atoms with Crippen LogP contribution in [0.2, 0.25) is 0 Å². The molecule has 1 amide bonds. The van der Waals surface area contributed by atoms with Crippen molar-refractivity contribution in [1.82, 2.24) is 4.90 Å². The molecular weight excluding hydrogens is 273 g/mol. The Hall–Kier alpha value is -0.750. The minimum absolute atomic E-state index is 0. The molecule has 2 heterocycles. The van der Waals surface area contributed by atoms with Crippen molar-refractivity contribution in [3.63, 3.8) is 0 Å². The summed E-state index contributed by atoms with van der Waals surface area (Å²) < 4.78 is 0. The minimum Gasteiger partial charge on any atom is -0.543 e. The van der Waals surface area contributed by atoms with Gasteiger partial charge in [-0.3, -0.25) is 4.79 Å². The molecule has 6 heteroatoms. The number of amides is 1. The van der Waals surface area contributed by atoms with E-state index >= 15 is 0 Å². The van der Waals surface area contributed by atoms with Crippen molar-refractivity contribution in [3.05, 3.63) is 40.9 Å². The number of carboxylic acids is 1. The molecule has 2 aliphatic heterocycles. The van der Waals surface area contributed by atoms with Crippen molar-refractivity contribution in [1.29, 1.82) is 0 Å². The number of fused-ring (bicyclic) bond motifs is 1. The van der Waals surface area contributed by atoms with E-state index in [-0.39, 0.29) is 47.2 Å². The zero-order valence-corrected chi connectivity index (χ0v) is 13.3. The normalized spacial score (nSPS) is 20.7. The molecule has 1 saturated heterocycles. The van der Waals surface area contributed by atoms with E-state index in [0.717, 1.165) is 9.80 Å². The first-order valence-electron chi connectivity index (χ1n) is 5.66. The summed E-state index contributed by atoms with van der Waals surface area (Å²) in [6.45, 7) is 0. The molecule has 3 rings (SSSR count). The van der Waals surface area contributed by atoms with Gasteiger partial charge >= 0.3 is 29.6 Å². The summed E-state index contributed by atoms with van der Waals surface area (Å²) in [7, 11) is 0. The van der Waals surface area contributed by atoms with E-state index in [4.69, 9.17) is 0 Å². The third-order valence-electron chi connectivity index (χ3n) is 3.15. The van der Waals surface area contributed by atoms with Gasteiger partial charge in [0.1, 0.15) is 0 Å². The van der Waals surface area contributed by atoms with Crippen molar-refractivity contribution in [2.75, 3.05) is 0 Å². The molecule has 0 radical (unpaired) electrons. The van der Waals surface area contributed by atoms with Gasteiger partial charge in [0.05, 0.1) is 17.7 Å². The number of benzene rings is 1. The quantitative estimate of drug-likeness (QED) is 0.464. The second-order valence-electron chi connectivity index (χ2n) is 4.30. The third kappa shape index (κ3) is 2.60. The number of carbonyl (C=O) groups is 2. The van der Waals surface area contributed by atoms with Gasteiger partial charge in [-0.05, 0) is 12.1 Å². The van der Waals surface area contributed by atoms with Crippen LogP contribution in [-0.2, 0) is 9.59 Å². The number of nitrogens with zero attached hydrogens (tertiary/aromatic N) is 1. The number of hydrogen-bond acceptors (Lipinski definition) is 4. The number of hydrogen-bond donors (Lipinski definition) is 0.